The highest BCUT2D eigenvalue weighted by Gasteiger charge is 2.30. The molecule has 1 saturated carbocycles. The molecule has 0 unspecified atom stereocenters. The van der Waals surface area contributed by atoms with Crippen LogP contribution in [-0.4, -0.2) is 45.3 Å². The summed E-state index contributed by atoms with van der Waals surface area (Å²) >= 11 is 0. The van der Waals surface area contributed by atoms with E-state index in [1.165, 1.54) is 18.9 Å². The third kappa shape index (κ3) is 3.69. The molecule has 0 saturated heterocycles. The maximum atomic E-state index is 12.7. The molecule has 3 aromatic rings. The Kier molecular flexibility index (Phi) is 4.77. The molecule has 1 aliphatic heterocycles. The first-order valence-corrected chi connectivity index (χ1v) is 10.5. The number of carbonyl (C=O) groups excluding carboxylic acids is 1. The van der Waals surface area contributed by atoms with E-state index in [0.29, 0.717) is 43.3 Å². The second kappa shape index (κ2) is 7.59. The van der Waals surface area contributed by atoms with Crippen molar-refractivity contribution in [1.29, 1.82) is 0 Å². The summed E-state index contributed by atoms with van der Waals surface area (Å²) < 4.78 is 12.9. The molecule has 0 atom stereocenters. The number of carbonyl (C=O) groups is 1. The van der Waals surface area contributed by atoms with E-state index in [1.54, 1.807) is 17.0 Å². The number of nitrogens with zero attached hydrogens (tertiary/aromatic N) is 4. The first kappa shape index (κ1) is 18.8. The Bertz CT molecular complexity index is 1140. The summed E-state index contributed by atoms with van der Waals surface area (Å²) in [6.45, 7) is 3.79. The van der Waals surface area contributed by atoms with Crippen LogP contribution in [0.5, 0.6) is 5.75 Å². The van der Waals surface area contributed by atoms with Crippen molar-refractivity contribution in [2.75, 3.05) is 19.7 Å². The van der Waals surface area contributed by atoms with Crippen molar-refractivity contribution in [2.45, 2.75) is 45.1 Å². The number of aryl methyl sites for hydroxylation is 1. The molecule has 0 spiro atoms. The standard InChI is InChI=1S/C22H24N4O4/c1-2-14-11-21(28)30-18-12-16(5-6-17(14)18)29-13-20(27)25-8-7-19-23-22(15-3-4-15)24-26(19)10-9-25/h5-6,11-12,15H,2-4,7-10,13H2,1H3. The van der Waals surface area contributed by atoms with Crippen molar-refractivity contribution < 1.29 is 13.9 Å². The summed E-state index contributed by atoms with van der Waals surface area (Å²) in [6.07, 6.45) is 3.81. The number of rotatable bonds is 5. The summed E-state index contributed by atoms with van der Waals surface area (Å²) in [5.74, 6) is 2.89. The monoisotopic (exact) mass is 408 g/mol. The highest BCUT2D eigenvalue weighted by atomic mass is 16.5. The van der Waals surface area contributed by atoms with E-state index < -0.39 is 0 Å². The van der Waals surface area contributed by atoms with Crippen molar-refractivity contribution in [3.63, 3.8) is 0 Å². The first-order valence-electron chi connectivity index (χ1n) is 10.5. The van der Waals surface area contributed by atoms with Crippen LogP contribution in [-0.2, 0) is 24.2 Å². The first-order chi connectivity index (χ1) is 14.6. The molecule has 8 nitrogen and oxygen atoms in total. The number of hydrogen-bond acceptors (Lipinski definition) is 6. The summed E-state index contributed by atoms with van der Waals surface area (Å²) in [6, 6.07) is 6.85. The van der Waals surface area contributed by atoms with Gasteiger partial charge in [-0.3, -0.25) is 4.79 Å². The third-order valence-electron chi connectivity index (χ3n) is 5.79. The quantitative estimate of drug-likeness (QED) is 0.602. The van der Waals surface area contributed by atoms with Gasteiger partial charge in [0.1, 0.15) is 17.2 Å². The van der Waals surface area contributed by atoms with Crippen LogP contribution in [0.1, 0.15) is 42.9 Å². The lowest BCUT2D eigenvalue weighted by Gasteiger charge is -2.20. The topological polar surface area (TPSA) is 90.5 Å². The molecule has 2 aliphatic rings. The molecule has 2 aromatic heterocycles. The van der Waals surface area contributed by atoms with E-state index in [1.807, 2.05) is 17.7 Å². The lowest BCUT2D eigenvalue weighted by Crippen LogP contribution is -2.37. The van der Waals surface area contributed by atoms with Crippen molar-refractivity contribution in [1.82, 2.24) is 19.7 Å². The number of amides is 1. The molecule has 0 bridgehead atoms. The van der Waals surface area contributed by atoms with Gasteiger partial charge in [0.25, 0.3) is 5.91 Å². The van der Waals surface area contributed by atoms with Crippen molar-refractivity contribution >= 4 is 16.9 Å². The molecule has 0 N–H and O–H groups in total. The predicted octanol–water partition coefficient (Wildman–Crippen LogP) is 2.29. The smallest absolute Gasteiger partial charge is 0.336 e. The van der Waals surface area contributed by atoms with Gasteiger partial charge in [0.15, 0.2) is 12.4 Å². The van der Waals surface area contributed by atoms with Crippen LogP contribution in [0.3, 0.4) is 0 Å². The SMILES string of the molecule is CCc1cc(=O)oc2cc(OCC(=O)N3CCc4nc(C5CC5)nn4CC3)ccc12. The number of ether oxygens (including phenoxy) is 1. The molecule has 30 heavy (non-hydrogen) atoms. The highest BCUT2D eigenvalue weighted by molar-refractivity contribution is 5.82. The zero-order valence-corrected chi connectivity index (χ0v) is 17.0. The Morgan fingerprint density at radius 2 is 2.10 bits per heavy atom. The van der Waals surface area contributed by atoms with Crippen LogP contribution in [0.25, 0.3) is 11.0 Å². The molecule has 1 aliphatic carbocycles. The molecule has 3 heterocycles. The van der Waals surface area contributed by atoms with Gasteiger partial charge in [-0.1, -0.05) is 6.92 Å². The number of hydrogen-bond donors (Lipinski definition) is 0. The number of benzene rings is 1. The van der Waals surface area contributed by atoms with E-state index in [4.69, 9.17) is 9.15 Å². The number of aromatic nitrogens is 3. The normalized spacial score (nSPS) is 16.4. The van der Waals surface area contributed by atoms with E-state index in [-0.39, 0.29) is 18.1 Å². The van der Waals surface area contributed by atoms with E-state index in [2.05, 4.69) is 10.1 Å². The van der Waals surface area contributed by atoms with Crippen molar-refractivity contribution in [2.24, 2.45) is 0 Å². The van der Waals surface area contributed by atoms with E-state index in [9.17, 15) is 9.59 Å². The molecular formula is C22H24N4O4. The minimum atomic E-state index is -0.381. The zero-order valence-electron chi connectivity index (χ0n) is 17.0. The second-order valence-electron chi connectivity index (χ2n) is 7.91. The largest absolute Gasteiger partial charge is 0.484 e. The Morgan fingerprint density at radius 3 is 2.90 bits per heavy atom. The maximum Gasteiger partial charge on any atom is 0.336 e. The van der Waals surface area contributed by atoms with Gasteiger partial charge in [0.05, 0.1) is 6.54 Å². The summed E-state index contributed by atoms with van der Waals surface area (Å²) in [7, 11) is 0. The molecule has 1 aromatic carbocycles. The summed E-state index contributed by atoms with van der Waals surface area (Å²) in [4.78, 5) is 30.9. The molecule has 1 amide bonds. The van der Waals surface area contributed by atoms with Gasteiger partial charge >= 0.3 is 5.63 Å². The second-order valence-corrected chi connectivity index (χ2v) is 7.91. The molecular weight excluding hydrogens is 384 g/mol. The summed E-state index contributed by atoms with van der Waals surface area (Å²) in [5.41, 5.74) is 1.03. The maximum absolute atomic E-state index is 12.7. The highest BCUT2D eigenvalue weighted by Crippen LogP contribution is 2.38. The van der Waals surface area contributed by atoms with Gasteiger partial charge in [-0.15, -0.1) is 0 Å². The minimum Gasteiger partial charge on any atom is -0.484 e. The molecule has 0 radical (unpaired) electrons. The fourth-order valence-corrected chi connectivity index (χ4v) is 3.91. The Morgan fingerprint density at radius 1 is 1.23 bits per heavy atom. The lowest BCUT2D eigenvalue weighted by atomic mass is 10.1. The average molecular weight is 408 g/mol. The predicted molar refractivity (Wildman–Crippen MR) is 110 cm³/mol. The number of fused-ring (bicyclic) bond motifs is 2. The van der Waals surface area contributed by atoms with Gasteiger partial charge in [-0.2, -0.15) is 5.10 Å². The fourth-order valence-electron chi connectivity index (χ4n) is 3.91. The van der Waals surface area contributed by atoms with Crippen LogP contribution >= 0.6 is 0 Å². The third-order valence-corrected chi connectivity index (χ3v) is 5.79. The van der Waals surface area contributed by atoms with Crippen LogP contribution in [0.15, 0.2) is 33.5 Å². The van der Waals surface area contributed by atoms with Gasteiger partial charge in [0.2, 0.25) is 0 Å². The molecule has 5 rings (SSSR count). The van der Waals surface area contributed by atoms with Gasteiger partial charge in [0, 0.05) is 42.9 Å². The summed E-state index contributed by atoms with van der Waals surface area (Å²) in [5, 5.41) is 5.50. The molecule has 156 valence electrons. The van der Waals surface area contributed by atoms with Crippen LogP contribution in [0.4, 0.5) is 0 Å². The molecule has 8 heteroatoms. The van der Waals surface area contributed by atoms with Crippen molar-refractivity contribution in [3.8, 4) is 5.75 Å². The van der Waals surface area contributed by atoms with Crippen LogP contribution < -0.4 is 10.4 Å². The van der Waals surface area contributed by atoms with E-state index >= 15 is 0 Å². The fraction of sp³-hybridized carbons (Fsp3) is 0.455. The van der Waals surface area contributed by atoms with Gasteiger partial charge in [-0.05, 0) is 37.0 Å². The van der Waals surface area contributed by atoms with Crippen molar-refractivity contribution in [3.05, 3.63) is 51.9 Å². The average Bonchev–Trinajstić information content (AvgIpc) is 3.55. The van der Waals surface area contributed by atoms with Gasteiger partial charge < -0.3 is 14.1 Å². The van der Waals surface area contributed by atoms with Gasteiger partial charge in [-0.25, -0.2) is 14.5 Å². The molecule has 1 fully saturated rings. The lowest BCUT2D eigenvalue weighted by molar-refractivity contribution is -0.133. The Labute approximate surface area is 173 Å². The Hall–Kier alpha value is -3.16. The van der Waals surface area contributed by atoms with Crippen LogP contribution in [0.2, 0.25) is 0 Å². The Balaban J connectivity index is 1.22. The van der Waals surface area contributed by atoms with E-state index in [0.717, 1.165) is 29.0 Å². The zero-order chi connectivity index (χ0) is 20.7. The minimum absolute atomic E-state index is 0.0632. The van der Waals surface area contributed by atoms with Crippen LogP contribution in [0, 0.1) is 0 Å².